The van der Waals surface area contributed by atoms with Crippen LogP contribution in [-0.4, -0.2) is 53.8 Å². The molecule has 0 aromatic rings. The van der Waals surface area contributed by atoms with E-state index < -0.39 is 41.1 Å². The lowest BCUT2D eigenvalue weighted by Crippen LogP contribution is -2.56. The Morgan fingerprint density at radius 2 is 1.43 bits per heavy atom. The molecule has 10 heteroatoms. The van der Waals surface area contributed by atoms with Crippen molar-refractivity contribution in [2.24, 2.45) is 33.5 Å². The smallest absolute Gasteiger partial charge is 0.226 e. The van der Waals surface area contributed by atoms with Gasteiger partial charge in [-0.15, -0.1) is 12.4 Å². The van der Waals surface area contributed by atoms with Gasteiger partial charge in [-0.05, 0) is 53.7 Å². The zero-order valence-corrected chi connectivity index (χ0v) is 25.4. The largest absolute Gasteiger partial charge is 0.342 e. The van der Waals surface area contributed by atoms with Gasteiger partial charge in [-0.1, -0.05) is 53.7 Å². The number of hydrogen-bond donors (Lipinski definition) is 1. The molecule has 0 aromatic heterocycles. The molecule has 1 N–H and O–H groups in total. The summed E-state index contributed by atoms with van der Waals surface area (Å²) in [6.07, 6.45) is 5.09. The fourth-order valence-corrected chi connectivity index (χ4v) is 7.01. The summed E-state index contributed by atoms with van der Waals surface area (Å²) in [6, 6.07) is 0. The van der Waals surface area contributed by atoms with Crippen molar-refractivity contribution >= 4 is 46.7 Å². The SMILES string of the molecule is Cl.[2H]C([2H])([2H])C(=O)Cl.[2H]C([2H])([2H])C(=O)N1CC[C@@H]2C(C)(C)C(=O)C([N+]#[C-])=C[C@@]2(C)C1.[C-]#[N+]C1=C[C@@]2(C)CNCC[C@@H]2C(C)(C)C1=O. The highest BCUT2D eigenvalue weighted by molar-refractivity contribution is 6.62. The number of hydrogen-bond acceptors (Lipinski definition) is 5. The first-order valence-corrected chi connectivity index (χ1v) is 13.2. The number of piperidine rings is 2. The summed E-state index contributed by atoms with van der Waals surface area (Å²) in [5.74, 6) is -0.676. The molecule has 4 atom stereocenters. The molecule has 0 bridgehead atoms. The van der Waals surface area contributed by atoms with Gasteiger partial charge in [0, 0.05) is 52.4 Å². The highest BCUT2D eigenvalue weighted by Crippen LogP contribution is 2.52. The third-order valence-corrected chi connectivity index (χ3v) is 8.77. The average Bonchev–Trinajstić information content (AvgIpc) is 2.92. The Morgan fingerprint density at radius 1 is 0.950 bits per heavy atom. The second-order valence-electron chi connectivity index (χ2n) is 12.3. The summed E-state index contributed by atoms with van der Waals surface area (Å²) < 4.78 is 40.6. The van der Waals surface area contributed by atoms with E-state index in [0.29, 0.717) is 24.6 Å². The van der Waals surface area contributed by atoms with Gasteiger partial charge in [0.25, 0.3) is 0 Å². The van der Waals surface area contributed by atoms with Crippen molar-refractivity contribution in [2.75, 3.05) is 26.2 Å². The number of fused-ring (bicyclic) bond motifs is 2. The minimum Gasteiger partial charge on any atom is -0.342 e. The highest BCUT2D eigenvalue weighted by Gasteiger charge is 2.54. The van der Waals surface area contributed by atoms with Crippen LogP contribution in [0.4, 0.5) is 0 Å². The van der Waals surface area contributed by atoms with E-state index in [1.54, 1.807) is 6.08 Å². The van der Waals surface area contributed by atoms with E-state index in [1.165, 1.54) is 4.90 Å². The maximum absolute atomic E-state index is 12.4. The van der Waals surface area contributed by atoms with Gasteiger partial charge < -0.3 is 19.8 Å². The number of Topliss-reactive ketones (excluding diaryl/α,β-unsaturated/α-hetero) is 2. The van der Waals surface area contributed by atoms with Gasteiger partial charge in [-0.3, -0.25) is 9.59 Å². The summed E-state index contributed by atoms with van der Waals surface area (Å²) in [5.41, 5.74) is -1.27. The molecule has 40 heavy (non-hydrogen) atoms. The molecule has 0 radical (unpaired) electrons. The van der Waals surface area contributed by atoms with Crippen LogP contribution in [0.2, 0.25) is 0 Å². The molecule has 0 saturated carbocycles. The van der Waals surface area contributed by atoms with Crippen LogP contribution < -0.4 is 5.32 Å². The van der Waals surface area contributed by atoms with Crippen LogP contribution in [0.5, 0.6) is 0 Å². The maximum atomic E-state index is 12.4. The Hall–Kier alpha value is -2.52. The van der Waals surface area contributed by atoms with Crippen molar-refractivity contribution in [1.82, 2.24) is 10.2 Å². The number of halogens is 2. The topological polar surface area (TPSA) is 92.3 Å². The molecular formula is C30H42Cl2N4O4. The molecule has 2 saturated heterocycles. The lowest BCUT2D eigenvalue weighted by atomic mass is 9.55. The quantitative estimate of drug-likeness (QED) is 0.294. The molecule has 220 valence electrons. The predicted octanol–water partition coefficient (Wildman–Crippen LogP) is 5.48. The molecular weight excluding hydrogens is 551 g/mol. The van der Waals surface area contributed by atoms with Gasteiger partial charge in [-0.2, -0.15) is 0 Å². The second-order valence-corrected chi connectivity index (χ2v) is 12.6. The summed E-state index contributed by atoms with van der Waals surface area (Å²) in [5, 5.41) is 2.08. The Balaban J connectivity index is 0.000000386. The number of rotatable bonds is 0. The molecule has 4 aliphatic rings. The van der Waals surface area contributed by atoms with E-state index in [9.17, 15) is 19.2 Å². The van der Waals surface area contributed by atoms with Crippen LogP contribution in [0.1, 0.15) is 76.3 Å². The van der Waals surface area contributed by atoms with Crippen molar-refractivity contribution in [3.8, 4) is 0 Å². The van der Waals surface area contributed by atoms with Crippen molar-refractivity contribution in [3.63, 3.8) is 0 Å². The number of carbonyl (C=O) groups excluding carboxylic acids is 4. The minimum atomic E-state index is -2.66. The van der Waals surface area contributed by atoms with E-state index >= 15 is 0 Å². The normalized spacial score (nSPS) is 34.2. The first kappa shape index (κ1) is 26.4. The van der Waals surface area contributed by atoms with Crippen LogP contribution in [0.3, 0.4) is 0 Å². The lowest BCUT2D eigenvalue weighted by molar-refractivity contribution is -0.139. The standard InChI is InChI=1S/C15H20N2O2.C13H18N2O.C2H3ClO.ClH/c1-10(18)17-7-6-12-14(2,3)13(19)11(16-5)8-15(12,4)9-17;1-12(2)10-5-6-15-8-13(10,3)7-9(14-4)11(12)16;1-2(3)4;/h8,12H,6-7,9H2,1-4H3;7,10,15H,5-6,8H2,1-3H3;1H3;1H/t12-,15+;10-,13+;;/m11../s1/i1D3;;1D3;. The fraction of sp³-hybridized carbons (Fsp3) is 0.667. The third kappa shape index (κ3) is 7.03. The monoisotopic (exact) mass is 598 g/mol. The van der Waals surface area contributed by atoms with E-state index in [1.807, 2.05) is 40.7 Å². The van der Waals surface area contributed by atoms with Crippen LogP contribution in [0.25, 0.3) is 9.69 Å². The molecule has 2 aliphatic heterocycles. The third-order valence-electron chi connectivity index (χ3n) is 8.77. The zero-order valence-electron chi connectivity index (χ0n) is 29.8. The highest BCUT2D eigenvalue weighted by atomic mass is 35.5. The van der Waals surface area contributed by atoms with Crippen LogP contribution >= 0.6 is 24.0 Å². The number of allylic oxidation sites excluding steroid dienone is 2. The molecule has 0 aromatic carbocycles. The van der Waals surface area contributed by atoms with E-state index in [2.05, 4.69) is 33.5 Å². The number of likely N-dealkylation sites (tertiary alicyclic amines) is 1. The Kier molecular flexibility index (Phi) is 8.56. The van der Waals surface area contributed by atoms with Gasteiger partial charge >= 0.3 is 0 Å². The summed E-state index contributed by atoms with van der Waals surface area (Å²) >= 11 is 4.55. The fourth-order valence-electron chi connectivity index (χ4n) is 7.01. The van der Waals surface area contributed by atoms with Crippen LogP contribution in [-0.2, 0) is 19.2 Å². The second kappa shape index (κ2) is 13.0. The van der Waals surface area contributed by atoms with E-state index in [4.69, 9.17) is 21.4 Å². The number of nitrogens with one attached hydrogen (secondary N) is 1. The number of carbonyl (C=O) groups is 4. The Bertz CT molecular complexity index is 1390. The van der Waals surface area contributed by atoms with Gasteiger partial charge in [-0.25, -0.2) is 9.69 Å². The molecule has 2 heterocycles. The van der Waals surface area contributed by atoms with Crippen molar-refractivity contribution < 1.29 is 27.4 Å². The Labute approximate surface area is 258 Å². The Morgan fingerprint density at radius 3 is 1.88 bits per heavy atom. The number of amides is 1. The van der Waals surface area contributed by atoms with Gasteiger partial charge in [0.2, 0.25) is 22.5 Å². The van der Waals surface area contributed by atoms with E-state index in [-0.39, 0.29) is 47.5 Å². The zero-order chi connectivity index (χ0) is 35.0. The van der Waals surface area contributed by atoms with Gasteiger partial charge in [0.05, 0.1) is 13.1 Å². The first-order valence-electron chi connectivity index (χ1n) is 15.8. The average molecular weight is 600 g/mol. The first-order chi connectivity index (χ1) is 20.3. The summed E-state index contributed by atoms with van der Waals surface area (Å²) in [4.78, 5) is 54.3. The van der Waals surface area contributed by atoms with Crippen LogP contribution in [0, 0.1) is 46.6 Å². The minimum absolute atomic E-state index is 0. The lowest BCUT2D eigenvalue weighted by Gasteiger charge is -2.53. The number of ketones is 2. The summed E-state index contributed by atoms with van der Waals surface area (Å²) in [7, 11) is 0. The molecule has 4 rings (SSSR count). The molecule has 0 spiro atoms. The van der Waals surface area contributed by atoms with Crippen molar-refractivity contribution in [1.29, 1.82) is 0 Å². The molecule has 8 nitrogen and oxygen atoms in total. The van der Waals surface area contributed by atoms with Crippen molar-refractivity contribution in [3.05, 3.63) is 46.4 Å². The van der Waals surface area contributed by atoms with Gasteiger partial charge in [0.1, 0.15) is 0 Å². The number of nitrogens with zero attached hydrogens (tertiary/aromatic N) is 3. The maximum Gasteiger partial charge on any atom is 0.226 e. The van der Waals surface area contributed by atoms with Crippen LogP contribution in [0.15, 0.2) is 23.5 Å². The summed E-state index contributed by atoms with van der Waals surface area (Å²) in [6.45, 7) is 23.1. The molecule has 0 unspecified atom stereocenters. The molecule has 1 amide bonds. The predicted molar refractivity (Wildman–Crippen MR) is 158 cm³/mol. The van der Waals surface area contributed by atoms with E-state index in [0.717, 1.165) is 19.5 Å². The molecule has 2 aliphatic carbocycles. The molecule has 2 fully saturated rings. The van der Waals surface area contributed by atoms with Crippen molar-refractivity contribution in [2.45, 2.75) is 68.1 Å². The van der Waals surface area contributed by atoms with Gasteiger partial charge in [0.15, 0.2) is 11.6 Å².